The van der Waals surface area contributed by atoms with E-state index >= 15 is 0 Å². The van der Waals surface area contributed by atoms with Gasteiger partial charge >= 0.3 is 0 Å². The molecule has 0 amide bonds. The summed E-state index contributed by atoms with van der Waals surface area (Å²) in [6, 6.07) is 5.17. The highest BCUT2D eigenvalue weighted by molar-refractivity contribution is 5.67. The van der Waals surface area contributed by atoms with Crippen LogP contribution in [0.15, 0.2) is 22.7 Å². The fraction of sp³-hybridized carbons (Fsp3) is 0.385. The fourth-order valence-corrected chi connectivity index (χ4v) is 1.90. The van der Waals surface area contributed by atoms with Gasteiger partial charge in [0.1, 0.15) is 6.10 Å². The van der Waals surface area contributed by atoms with E-state index in [-0.39, 0.29) is 6.10 Å². The van der Waals surface area contributed by atoms with Crippen LogP contribution in [0.2, 0.25) is 0 Å². The minimum atomic E-state index is -0.152. The summed E-state index contributed by atoms with van der Waals surface area (Å²) in [7, 11) is 1.63. The predicted molar refractivity (Wildman–Crippen MR) is 73.2 cm³/mol. The average Bonchev–Trinajstić information content (AvgIpc) is 2.84. The first kappa shape index (κ1) is 13.4. The molecule has 0 aliphatic rings. The van der Waals surface area contributed by atoms with Crippen LogP contribution in [-0.2, 0) is 4.74 Å². The number of aromatic nitrogens is 2. The second kappa shape index (κ2) is 5.71. The third-order valence-electron chi connectivity index (χ3n) is 2.79. The van der Waals surface area contributed by atoms with Crippen LogP contribution in [0, 0.1) is 0 Å². The Morgan fingerprint density at radius 2 is 1.95 bits per heavy atom. The summed E-state index contributed by atoms with van der Waals surface area (Å²) in [6.07, 6.45) is 1.67. The molecule has 0 fully saturated rings. The van der Waals surface area contributed by atoms with Crippen LogP contribution in [0.25, 0.3) is 11.5 Å². The SMILES string of the molecule is CCCC(OC)c1noc(-c2cc(N)cc(N)c2)n1. The Labute approximate surface area is 111 Å². The van der Waals surface area contributed by atoms with Crippen molar-refractivity contribution in [3.63, 3.8) is 0 Å². The topological polar surface area (TPSA) is 100 Å². The Hall–Kier alpha value is -2.08. The molecule has 1 unspecified atom stereocenters. The van der Waals surface area contributed by atoms with Gasteiger partial charge in [0.05, 0.1) is 0 Å². The van der Waals surface area contributed by atoms with Gasteiger partial charge in [0.25, 0.3) is 5.89 Å². The number of rotatable bonds is 5. The van der Waals surface area contributed by atoms with Gasteiger partial charge in [0.15, 0.2) is 0 Å². The smallest absolute Gasteiger partial charge is 0.258 e. The van der Waals surface area contributed by atoms with Crippen LogP contribution in [0.3, 0.4) is 0 Å². The van der Waals surface area contributed by atoms with Crippen molar-refractivity contribution < 1.29 is 9.26 Å². The average molecular weight is 262 g/mol. The molecule has 0 radical (unpaired) electrons. The number of benzene rings is 1. The number of nitrogens with zero attached hydrogens (tertiary/aromatic N) is 2. The van der Waals surface area contributed by atoms with E-state index in [4.69, 9.17) is 20.7 Å². The molecule has 2 aromatic rings. The summed E-state index contributed by atoms with van der Waals surface area (Å²) in [5, 5.41) is 3.95. The lowest BCUT2D eigenvalue weighted by molar-refractivity contribution is 0.0854. The summed E-state index contributed by atoms with van der Waals surface area (Å²) in [5.41, 5.74) is 13.3. The quantitative estimate of drug-likeness (QED) is 0.802. The molecular weight excluding hydrogens is 244 g/mol. The lowest BCUT2D eigenvalue weighted by Crippen LogP contribution is -2.03. The van der Waals surface area contributed by atoms with Crippen molar-refractivity contribution in [2.75, 3.05) is 18.6 Å². The minimum Gasteiger partial charge on any atom is -0.399 e. The van der Waals surface area contributed by atoms with Crippen molar-refractivity contribution in [1.29, 1.82) is 0 Å². The Bertz CT molecular complexity index is 533. The van der Waals surface area contributed by atoms with Crippen LogP contribution in [0.1, 0.15) is 31.7 Å². The number of nitrogens with two attached hydrogens (primary N) is 2. The van der Waals surface area contributed by atoms with Crippen LogP contribution in [0.4, 0.5) is 11.4 Å². The number of anilines is 2. The molecule has 2 rings (SSSR count). The van der Waals surface area contributed by atoms with Gasteiger partial charge in [-0.3, -0.25) is 0 Å². The highest BCUT2D eigenvalue weighted by Crippen LogP contribution is 2.26. The van der Waals surface area contributed by atoms with Crippen molar-refractivity contribution in [3.05, 3.63) is 24.0 Å². The normalized spacial score (nSPS) is 12.5. The van der Waals surface area contributed by atoms with Crippen LogP contribution >= 0.6 is 0 Å². The molecule has 0 aliphatic carbocycles. The first-order valence-electron chi connectivity index (χ1n) is 6.16. The molecule has 0 saturated carbocycles. The highest BCUT2D eigenvalue weighted by Gasteiger charge is 2.18. The fourth-order valence-electron chi connectivity index (χ4n) is 1.90. The second-order valence-corrected chi connectivity index (χ2v) is 4.36. The van der Waals surface area contributed by atoms with Gasteiger partial charge in [-0.15, -0.1) is 0 Å². The lowest BCUT2D eigenvalue weighted by Gasteiger charge is -2.08. The van der Waals surface area contributed by atoms with Crippen molar-refractivity contribution in [3.8, 4) is 11.5 Å². The van der Waals surface area contributed by atoms with Gasteiger partial charge in [0, 0.05) is 24.0 Å². The molecule has 0 saturated heterocycles. The van der Waals surface area contributed by atoms with Gasteiger partial charge in [-0.1, -0.05) is 18.5 Å². The molecule has 0 aliphatic heterocycles. The maximum absolute atomic E-state index is 5.74. The summed E-state index contributed by atoms with van der Waals surface area (Å²) < 4.78 is 10.6. The maximum Gasteiger partial charge on any atom is 0.258 e. The van der Waals surface area contributed by atoms with Crippen molar-refractivity contribution in [2.45, 2.75) is 25.9 Å². The van der Waals surface area contributed by atoms with E-state index in [0.29, 0.717) is 28.7 Å². The molecule has 1 heterocycles. The number of hydrogen-bond acceptors (Lipinski definition) is 6. The van der Waals surface area contributed by atoms with E-state index in [2.05, 4.69) is 17.1 Å². The highest BCUT2D eigenvalue weighted by atomic mass is 16.5. The Morgan fingerprint density at radius 3 is 2.53 bits per heavy atom. The number of nitrogen functional groups attached to an aromatic ring is 2. The Balaban J connectivity index is 2.29. The first-order valence-corrected chi connectivity index (χ1v) is 6.16. The van der Waals surface area contributed by atoms with E-state index in [1.54, 1.807) is 25.3 Å². The third kappa shape index (κ3) is 3.03. The number of hydrogen-bond donors (Lipinski definition) is 2. The summed E-state index contributed by atoms with van der Waals surface area (Å²) in [5.74, 6) is 0.937. The molecule has 1 atom stereocenters. The van der Waals surface area contributed by atoms with Gasteiger partial charge in [-0.05, 0) is 24.6 Å². The van der Waals surface area contributed by atoms with E-state index in [1.807, 2.05) is 0 Å². The largest absolute Gasteiger partial charge is 0.399 e. The predicted octanol–water partition coefficient (Wildman–Crippen LogP) is 2.39. The molecule has 6 heteroatoms. The van der Waals surface area contributed by atoms with Crippen LogP contribution in [-0.4, -0.2) is 17.3 Å². The zero-order valence-corrected chi connectivity index (χ0v) is 11.1. The van der Waals surface area contributed by atoms with Crippen LogP contribution in [0.5, 0.6) is 0 Å². The molecule has 19 heavy (non-hydrogen) atoms. The summed E-state index contributed by atoms with van der Waals surface area (Å²) in [6.45, 7) is 2.08. The second-order valence-electron chi connectivity index (χ2n) is 4.36. The van der Waals surface area contributed by atoms with Crippen molar-refractivity contribution in [2.24, 2.45) is 0 Å². The molecular formula is C13H18N4O2. The maximum atomic E-state index is 5.74. The van der Waals surface area contributed by atoms with Crippen molar-refractivity contribution in [1.82, 2.24) is 10.1 Å². The molecule has 0 bridgehead atoms. The number of methoxy groups -OCH3 is 1. The third-order valence-corrected chi connectivity index (χ3v) is 2.79. The summed E-state index contributed by atoms with van der Waals surface area (Å²) >= 11 is 0. The monoisotopic (exact) mass is 262 g/mol. The van der Waals surface area contributed by atoms with E-state index in [9.17, 15) is 0 Å². The molecule has 1 aromatic heterocycles. The standard InChI is InChI=1S/C13H18N4O2/c1-3-4-11(18-2)12-16-13(19-17-12)8-5-9(14)7-10(15)6-8/h5-7,11H,3-4,14-15H2,1-2H3. The molecule has 4 N–H and O–H groups in total. The van der Waals surface area contributed by atoms with Crippen LogP contribution < -0.4 is 11.5 Å². The zero-order chi connectivity index (χ0) is 13.8. The van der Waals surface area contributed by atoms with E-state index in [0.717, 1.165) is 12.8 Å². The van der Waals surface area contributed by atoms with Gasteiger partial charge in [-0.25, -0.2) is 0 Å². The van der Waals surface area contributed by atoms with Crippen molar-refractivity contribution >= 4 is 11.4 Å². The number of ether oxygens (including phenoxy) is 1. The molecule has 1 aromatic carbocycles. The van der Waals surface area contributed by atoms with Gasteiger partial charge in [0.2, 0.25) is 5.82 Å². The van der Waals surface area contributed by atoms with E-state index in [1.165, 1.54) is 0 Å². The minimum absolute atomic E-state index is 0.152. The first-order chi connectivity index (χ1) is 9.13. The lowest BCUT2D eigenvalue weighted by atomic mass is 10.1. The van der Waals surface area contributed by atoms with Gasteiger partial charge < -0.3 is 20.7 Å². The Kier molecular flexibility index (Phi) is 4.01. The molecule has 102 valence electrons. The molecule has 6 nitrogen and oxygen atoms in total. The van der Waals surface area contributed by atoms with E-state index < -0.39 is 0 Å². The Morgan fingerprint density at radius 1 is 1.26 bits per heavy atom. The van der Waals surface area contributed by atoms with Gasteiger partial charge in [-0.2, -0.15) is 4.98 Å². The molecule has 0 spiro atoms. The zero-order valence-electron chi connectivity index (χ0n) is 11.1. The summed E-state index contributed by atoms with van der Waals surface area (Å²) in [4.78, 5) is 4.34.